The molecule has 0 spiro atoms. The molecule has 0 aliphatic rings. The highest BCUT2D eigenvalue weighted by Crippen LogP contribution is 2.28. The zero-order valence-electron chi connectivity index (χ0n) is 11.2. The first kappa shape index (κ1) is 14.8. The highest BCUT2D eigenvalue weighted by atomic mass is 32.1. The molecule has 0 aliphatic carbocycles. The molecule has 112 valence electrons. The standard InChI is InChI=1S/C13H9N3O3S3/c1-19-12(18)9-5-14-13(22-9)16-10(17)7-6-21-11(15-7)8-3-2-4-20-8/h2-6H,1H3,(H,14,16,17). The van der Waals surface area contributed by atoms with Crippen molar-refractivity contribution in [2.24, 2.45) is 0 Å². The van der Waals surface area contributed by atoms with Gasteiger partial charge in [-0.25, -0.2) is 14.8 Å². The number of carbonyl (C=O) groups excluding carboxylic acids is 2. The van der Waals surface area contributed by atoms with Gasteiger partial charge >= 0.3 is 5.97 Å². The molecular weight excluding hydrogens is 342 g/mol. The molecule has 0 aromatic carbocycles. The number of aromatic nitrogens is 2. The fraction of sp³-hybridized carbons (Fsp3) is 0.0769. The van der Waals surface area contributed by atoms with Gasteiger partial charge in [-0.2, -0.15) is 0 Å². The maximum atomic E-state index is 12.1. The van der Waals surface area contributed by atoms with E-state index in [0.717, 1.165) is 21.2 Å². The van der Waals surface area contributed by atoms with E-state index in [1.54, 1.807) is 16.7 Å². The van der Waals surface area contributed by atoms with Gasteiger partial charge in [0.1, 0.15) is 15.6 Å². The molecule has 0 atom stereocenters. The van der Waals surface area contributed by atoms with Gasteiger partial charge in [0.05, 0.1) is 18.2 Å². The molecule has 1 N–H and O–H groups in total. The molecule has 3 heterocycles. The Morgan fingerprint density at radius 1 is 1.32 bits per heavy atom. The summed E-state index contributed by atoms with van der Waals surface area (Å²) in [5, 5.41) is 7.41. The minimum atomic E-state index is -0.480. The number of thiazole rings is 2. The predicted molar refractivity (Wildman–Crippen MR) is 86.8 cm³/mol. The Hall–Kier alpha value is -2.10. The van der Waals surface area contributed by atoms with Gasteiger partial charge in [-0.3, -0.25) is 10.1 Å². The van der Waals surface area contributed by atoms with Crippen molar-refractivity contribution >= 4 is 51.0 Å². The highest BCUT2D eigenvalue weighted by molar-refractivity contribution is 7.20. The van der Waals surface area contributed by atoms with Crippen LogP contribution in [0.5, 0.6) is 0 Å². The summed E-state index contributed by atoms with van der Waals surface area (Å²) in [5.41, 5.74) is 0.322. The quantitative estimate of drug-likeness (QED) is 0.729. The van der Waals surface area contributed by atoms with E-state index in [2.05, 4.69) is 20.0 Å². The molecule has 6 nitrogen and oxygen atoms in total. The number of hydrogen-bond acceptors (Lipinski definition) is 8. The number of thiophene rings is 1. The molecule has 0 saturated carbocycles. The fourth-order valence-corrected chi connectivity index (χ4v) is 3.92. The van der Waals surface area contributed by atoms with Crippen molar-refractivity contribution in [1.82, 2.24) is 9.97 Å². The van der Waals surface area contributed by atoms with E-state index < -0.39 is 5.97 Å². The molecule has 0 bridgehead atoms. The van der Waals surface area contributed by atoms with Gasteiger partial charge in [0, 0.05) is 5.38 Å². The number of ether oxygens (including phenoxy) is 1. The number of amides is 1. The lowest BCUT2D eigenvalue weighted by atomic mass is 10.4. The second kappa shape index (κ2) is 6.34. The molecule has 3 aromatic heterocycles. The number of nitrogens with one attached hydrogen (secondary N) is 1. The third kappa shape index (κ3) is 3.06. The van der Waals surface area contributed by atoms with E-state index in [4.69, 9.17) is 0 Å². The van der Waals surface area contributed by atoms with Gasteiger partial charge in [-0.15, -0.1) is 22.7 Å². The number of methoxy groups -OCH3 is 1. The van der Waals surface area contributed by atoms with E-state index >= 15 is 0 Å². The third-order valence-corrected chi connectivity index (χ3v) is 5.36. The molecule has 9 heteroatoms. The van der Waals surface area contributed by atoms with Crippen LogP contribution in [0, 0.1) is 0 Å². The highest BCUT2D eigenvalue weighted by Gasteiger charge is 2.16. The van der Waals surface area contributed by atoms with Crippen molar-refractivity contribution in [2.45, 2.75) is 0 Å². The van der Waals surface area contributed by atoms with E-state index in [9.17, 15) is 9.59 Å². The number of hydrogen-bond donors (Lipinski definition) is 1. The van der Waals surface area contributed by atoms with Crippen LogP contribution in [-0.4, -0.2) is 29.0 Å². The average molecular weight is 351 g/mol. The van der Waals surface area contributed by atoms with Crippen LogP contribution in [0.2, 0.25) is 0 Å². The largest absolute Gasteiger partial charge is 0.465 e. The Morgan fingerprint density at radius 3 is 2.91 bits per heavy atom. The summed E-state index contributed by atoms with van der Waals surface area (Å²) in [7, 11) is 1.29. The number of rotatable bonds is 4. The maximum absolute atomic E-state index is 12.1. The maximum Gasteiger partial charge on any atom is 0.349 e. The van der Waals surface area contributed by atoms with Crippen LogP contribution in [0.15, 0.2) is 29.1 Å². The lowest BCUT2D eigenvalue weighted by Crippen LogP contribution is -2.11. The van der Waals surface area contributed by atoms with Gasteiger partial charge in [0.25, 0.3) is 5.91 Å². The minimum absolute atomic E-state index is 0.322. The monoisotopic (exact) mass is 351 g/mol. The summed E-state index contributed by atoms with van der Waals surface area (Å²) in [5.74, 6) is -0.837. The molecule has 0 fully saturated rings. The van der Waals surface area contributed by atoms with Crippen LogP contribution in [0.25, 0.3) is 9.88 Å². The second-order valence-corrected chi connectivity index (χ2v) is 6.83. The van der Waals surface area contributed by atoms with Crippen LogP contribution >= 0.6 is 34.0 Å². The molecule has 0 aliphatic heterocycles. The van der Waals surface area contributed by atoms with Crippen LogP contribution in [-0.2, 0) is 4.74 Å². The van der Waals surface area contributed by atoms with Crippen LogP contribution < -0.4 is 5.32 Å². The average Bonchev–Trinajstić information content (AvgIpc) is 3.25. The van der Waals surface area contributed by atoms with Crippen LogP contribution in [0.4, 0.5) is 5.13 Å². The fourth-order valence-electron chi connectivity index (χ4n) is 1.58. The van der Waals surface area contributed by atoms with Crippen molar-refractivity contribution in [1.29, 1.82) is 0 Å². The Labute approximate surface area is 137 Å². The first-order valence-corrected chi connectivity index (χ1v) is 8.60. The summed E-state index contributed by atoms with van der Waals surface area (Å²) in [6.45, 7) is 0. The summed E-state index contributed by atoms with van der Waals surface area (Å²) >= 11 is 4.03. The molecule has 0 saturated heterocycles. The first-order valence-electron chi connectivity index (χ1n) is 6.02. The van der Waals surface area contributed by atoms with E-state index in [1.807, 2.05) is 17.5 Å². The Morgan fingerprint density at radius 2 is 2.18 bits per heavy atom. The van der Waals surface area contributed by atoms with Crippen molar-refractivity contribution in [3.05, 3.63) is 39.7 Å². The molecule has 3 aromatic rings. The number of nitrogens with zero attached hydrogens (tertiary/aromatic N) is 2. The van der Waals surface area contributed by atoms with Crippen LogP contribution in [0.3, 0.4) is 0 Å². The molecular formula is C13H9N3O3S3. The zero-order chi connectivity index (χ0) is 15.5. The van der Waals surface area contributed by atoms with Gasteiger partial charge in [0.2, 0.25) is 0 Å². The van der Waals surface area contributed by atoms with Gasteiger partial charge in [0.15, 0.2) is 5.13 Å². The van der Waals surface area contributed by atoms with Gasteiger partial charge < -0.3 is 4.74 Å². The normalized spacial score (nSPS) is 10.4. The van der Waals surface area contributed by atoms with Crippen molar-refractivity contribution < 1.29 is 14.3 Å². The minimum Gasteiger partial charge on any atom is -0.465 e. The van der Waals surface area contributed by atoms with Gasteiger partial charge in [-0.1, -0.05) is 17.4 Å². The Kier molecular flexibility index (Phi) is 4.27. The SMILES string of the molecule is COC(=O)c1cnc(NC(=O)c2csc(-c3cccs3)n2)s1. The zero-order valence-corrected chi connectivity index (χ0v) is 13.7. The smallest absolute Gasteiger partial charge is 0.349 e. The number of esters is 1. The Balaban J connectivity index is 1.72. The van der Waals surface area contributed by atoms with Gasteiger partial charge in [-0.05, 0) is 11.4 Å². The lowest BCUT2D eigenvalue weighted by molar-refractivity contribution is 0.0606. The summed E-state index contributed by atoms with van der Waals surface area (Å²) in [6, 6.07) is 3.89. The molecule has 1 amide bonds. The van der Waals surface area contributed by atoms with Crippen molar-refractivity contribution in [3.8, 4) is 9.88 Å². The topological polar surface area (TPSA) is 81.2 Å². The van der Waals surface area contributed by atoms with Crippen molar-refractivity contribution in [2.75, 3.05) is 12.4 Å². The molecule has 22 heavy (non-hydrogen) atoms. The van der Waals surface area contributed by atoms with E-state index in [-0.39, 0.29) is 5.91 Å². The van der Waals surface area contributed by atoms with Crippen LogP contribution in [0.1, 0.15) is 20.2 Å². The summed E-state index contributed by atoms with van der Waals surface area (Å²) in [6.07, 6.45) is 1.37. The lowest BCUT2D eigenvalue weighted by Gasteiger charge is -1.97. The Bertz CT molecular complexity index is 807. The number of carbonyl (C=O) groups is 2. The molecule has 0 unspecified atom stereocenters. The molecule has 3 rings (SSSR count). The van der Waals surface area contributed by atoms with Crippen molar-refractivity contribution in [3.63, 3.8) is 0 Å². The first-order chi connectivity index (χ1) is 10.7. The number of anilines is 1. The molecule has 0 radical (unpaired) electrons. The summed E-state index contributed by atoms with van der Waals surface area (Å²) in [4.78, 5) is 33.1. The summed E-state index contributed by atoms with van der Waals surface area (Å²) < 4.78 is 4.59. The second-order valence-electron chi connectivity index (χ2n) is 3.99. The van der Waals surface area contributed by atoms with E-state index in [0.29, 0.717) is 15.7 Å². The predicted octanol–water partition coefficient (Wildman–Crippen LogP) is 3.37. The van der Waals surface area contributed by atoms with E-state index in [1.165, 1.54) is 24.6 Å². The third-order valence-electron chi connectivity index (χ3n) is 2.58.